The van der Waals surface area contributed by atoms with E-state index in [0.29, 0.717) is 51.4 Å². The summed E-state index contributed by atoms with van der Waals surface area (Å²) in [6.07, 6.45) is 10.5. The van der Waals surface area contributed by atoms with E-state index < -0.39 is 11.4 Å². The molecule has 1 heterocycles. The zero-order chi connectivity index (χ0) is 25.3. The van der Waals surface area contributed by atoms with Crippen LogP contribution in [0.4, 0.5) is 9.18 Å². The first-order valence-corrected chi connectivity index (χ1v) is 13.7. The number of ether oxygens (including phenoxy) is 1. The zero-order valence-corrected chi connectivity index (χ0v) is 21.9. The summed E-state index contributed by atoms with van der Waals surface area (Å²) in [7, 11) is 1.64. The molecular formula is C27H43ClFN3O3. The molecule has 3 rings (SSSR count). The molecule has 2 fully saturated rings. The van der Waals surface area contributed by atoms with Crippen molar-refractivity contribution < 1.29 is 19.0 Å². The topological polar surface area (TPSA) is 87.8 Å². The third-order valence-electron chi connectivity index (χ3n) is 7.83. The van der Waals surface area contributed by atoms with Crippen LogP contribution in [0.15, 0.2) is 18.2 Å². The molecule has 1 aliphatic heterocycles. The van der Waals surface area contributed by atoms with Gasteiger partial charge in [0.05, 0.1) is 10.6 Å². The van der Waals surface area contributed by atoms with E-state index in [2.05, 4.69) is 5.32 Å². The molecule has 1 saturated heterocycles. The number of piperidine rings is 1. The lowest BCUT2D eigenvalue weighted by Gasteiger charge is -2.43. The molecule has 2 amide bonds. The van der Waals surface area contributed by atoms with E-state index in [1.165, 1.54) is 38.2 Å². The van der Waals surface area contributed by atoms with Crippen LogP contribution in [0.3, 0.4) is 0 Å². The number of halogens is 2. The van der Waals surface area contributed by atoms with Gasteiger partial charge in [-0.15, -0.1) is 0 Å². The van der Waals surface area contributed by atoms with Gasteiger partial charge in [-0.05, 0) is 50.5 Å². The van der Waals surface area contributed by atoms with E-state index in [9.17, 15) is 9.90 Å². The number of carbonyl (C=O) groups excluding carboxylic acids is 1. The first-order valence-electron chi connectivity index (χ1n) is 13.3. The number of hydrogen-bond acceptors (Lipinski definition) is 4. The highest BCUT2D eigenvalue weighted by molar-refractivity contribution is 6.30. The molecule has 0 radical (unpaired) electrons. The van der Waals surface area contributed by atoms with Crippen LogP contribution in [0.5, 0.6) is 0 Å². The lowest BCUT2D eigenvalue weighted by molar-refractivity contribution is -0.0586. The van der Waals surface area contributed by atoms with Crippen molar-refractivity contribution in [2.45, 2.75) is 82.3 Å². The molecule has 1 aromatic carbocycles. The molecule has 4 N–H and O–H groups in total. The first kappa shape index (κ1) is 28.2. The fourth-order valence-electron chi connectivity index (χ4n) is 5.85. The quantitative estimate of drug-likeness (QED) is 0.356. The maximum Gasteiger partial charge on any atom is 0.317 e. The van der Waals surface area contributed by atoms with Gasteiger partial charge in [0.1, 0.15) is 5.82 Å². The van der Waals surface area contributed by atoms with Crippen molar-refractivity contribution in [1.29, 1.82) is 0 Å². The molecule has 0 spiro atoms. The van der Waals surface area contributed by atoms with Crippen molar-refractivity contribution >= 4 is 17.6 Å². The Balaban J connectivity index is 1.63. The molecule has 1 aliphatic carbocycles. The van der Waals surface area contributed by atoms with Gasteiger partial charge in [-0.1, -0.05) is 55.8 Å². The van der Waals surface area contributed by atoms with Crippen molar-refractivity contribution in [3.63, 3.8) is 0 Å². The van der Waals surface area contributed by atoms with Crippen molar-refractivity contribution in [3.8, 4) is 0 Å². The summed E-state index contributed by atoms with van der Waals surface area (Å²) in [5.74, 6) is -0.220. The maximum atomic E-state index is 15.1. The molecule has 8 heteroatoms. The van der Waals surface area contributed by atoms with E-state index in [1.807, 2.05) is 0 Å². The molecule has 35 heavy (non-hydrogen) atoms. The normalized spacial score (nSPS) is 22.0. The van der Waals surface area contributed by atoms with E-state index in [0.717, 1.165) is 19.3 Å². The summed E-state index contributed by atoms with van der Waals surface area (Å²) in [5, 5.41) is 14.9. The Hall–Kier alpha value is -1.41. The number of nitrogens with two attached hydrogens (primary N) is 1. The van der Waals surface area contributed by atoms with E-state index in [4.69, 9.17) is 22.1 Å². The van der Waals surface area contributed by atoms with Crippen LogP contribution in [-0.2, 0) is 10.3 Å². The second kappa shape index (κ2) is 13.8. The third-order valence-corrected chi connectivity index (χ3v) is 8.13. The summed E-state index contributed by atoms with van der Waals surface area (Å²) in [6.45, 7) is 1.99. The molecule has 2 aliphatic rings. The number of nitrogens with zero attached hydrogens (tertiary/aromatic N) is 1. The van der Waals surface area contributed by atoms with Gasteiger partial charge in [0.25, 0.3) is 0 Å². The van der Waals surface area contributed by atoms with Gasteiger partial charge in [-0.2, -0.15) is 0 Å². The number of urea groups is 1. The SMILES string of the molecule is COCCCC[C@@](O)(c1cccc(Cl)c1F)[C@@H]1CCCN(C(=O)NC[C@H](N)CC2CCCCC2)C1. The largest absolute Gasteiger partial charge is 0.385 e. The van der Waals surface area contributed by atoms with Crippen LogP contribution in [-0.4, -0.2) is 55.4 Å². The van der Waals surface area contributed by atoms with Gasteiger partial charge < -0.3 is 25.8 Å². The smallest absolute Gasteiger partial charge is 0.317 e. The van der Waals surface area contributed by atoms with Gasteiger partial charge in [0.15, 0.2) is 0 Å². The minimum atomic E-state index is -1.42. The van der Waals surface area contributed by atoms with E-state index in [1.54, 1.807) is 24.1 Å². The fourth-order valence-corrected chi connectivity index (χ4v) is 6.03. The predicted molar refractivity (Wildman–Crippen MR) is 138 cm³/mol. The van der Waals surface area contributed by atoms with Crippen molar-refractivity contribution in [3.05, 3.63) is 34.6 Å². The number of nitrogens with one attached hydrogen (secondary N) is 1. The lowest BCUT2D eigenvalue weighted by Crippen LogP contribution is -2.52. The first-order chi connectivity index (χ1) is 16.8. The summed E-state index contributed by atoms with van der Waals surface area (Å²) in [4.78, 5) is 14.7. The van der Waals surface area contributed by atoms with Gasteiger partial charge in [-0.3, -0.25) is 0 Å². The maximum absolute atomic E-state index is 15.1. The molecule has 1 saturated carbocycles. The van der Waals surface area contributed by atoms with Crippen molar-refractivity contribution in [2.75, 3.05) is 33.4 Å². The Bertz CT molecular complexity index is 808. The average Bonchev–Trinajstić information content (AvgIpc) is 2.87. The van der Waals surface area contributed by atoms with E-state index >= 15 is 4.39 Å². The second-order valence-corrected chi connectivity index (χ2v) is 10.9. The molecule has 198 valence electrons. The third kappa shape index (κ3) is 7.78. The van der Waals surface area contributed by atoms with E-state index in [-0.39, 0.29) is 28.6 Å². The number of carbonyl (C=O) groups is 1. The lowest BCUT2D eigenvalue weighted by atomic mass is 9.74. The summed E-state index contributed by atoms with van der Waals surface area (Å²) in [5.41, 5.74) is 5.12. The molecular weight excluding hydrogens is 469 g/mol. The Labute approximate surface area is 214 Å². The van der Waals surface area contributed by atoms with Crippen LogP contribution in [0.25, 0.3) is 0 Å². The standard InChI is InChI=1S/C27H43ClFN3O3/c1-35-16-6-5-14-27(34,23-12-7-13-24(28)25(23)29)21-11-8-15-32(19-21)26(33)31-18-22(30)17-20-9-3-2-4-10-20/h7,12-13,20-22,34H,2-6,8-11,14-19,30H2,1H3,(H,31,33)/t21-,22-,27+/m1/s1. The Morgan fingerprint density at radius 1 is 1.29 bits per heavy atom. The molecule has 0 bridgehead atoms. The Morgan fingerprint density at radius 3 is 2.80 bits per heavy atom. The fraction of sp³-hybridized carbons (Fsp3) is 0.741. The Morgan fingerprint density at radius 2 is 2.06 bits per heavy atom. The Kier molecular flexibility index (Phi) is 11.1. The molecule has 1 aromatic rings. The number of amides is 2. The number of methoxy groups -OCH3 is 1. The average molecular weight is 512 g/mol. The molecule has 6 nitrogen and oxygen atoms in total. The number of hydrogen-bond donors (Lipinski definition) is 3. The minimum absolute atomic E-state index is 0.00446. The highest BCUT2D eigenvalue weighted by Gasteiger charge is 2.43. The monoisotopic (exact) mass is 511 g/mol. The van der Waals surface area contributed by atoms with Crippen molar-refractivity contribution in [1.82, 2.24) is 10.2 Å². The predicted octanol–water partition coefficient (Wildman–Crippen LogP) is 5.20. The number of benzene rings is 1. The van der Waals surface area contributed by atoms with Crippen LogP contribution in [0.1, 0.15) is 76.2 Å². The van der Waals surface area contributed by atoms with Crippen LogP contribution < -0.4 is 11.1 Å². The molecule has 3 atom stereocenters. The van der Waals surface area contributed by atoms with Crippen LogP contribution >= 0.6 is 11.6 Å². The van der Waals surface area contributed by atoms with Crippen LogP contribution in [0, 0.1) is 17.7 Å². The number of likely N-dealkylation sites (tertiary alicyclic amines) is 1. The van der Waals surface area contributed by atoms with Gasteiger partial charge >= 0.3 is 6.03 Å². The second-order valence-electron chi connectivity index (χ2n) is 10.4. The number of rotatable bonds is 11. The number of unbranched alkanes of at least 4 members (excludes halogenated alkanes) is 1. The summed E-state index contributed by atoms with van der Waals surface area (Å²) in [6, 6.07) is 4.55. The zero-order valence-electron chi connectivity index (χ0n) is 21.1. The number of aliphatic hydroxyl groups is 1. The van der Waals surface area contributed by atoms with Gasteiger partial charge in [0.2, 0.25) is 0 Å². The van der Waals surface area contributed by atoms with Gasteiger partial charge in [0, 0.05) is 50.9 Å². The molecule has 0 aromatic heterocycles. The molecule has 0 unspecified atom stereocenters. The van der Waals surface area contributed by atoms with Gasteiger partial charge in [-0.25, -0.2) is 9.18 Å². The highest BCUT2D eigenvalue weighted by Crippen LogP contribution is 2.42. The highest BCUT2D eigenvalue weighted by atomic mass is 35.5. The van der Waals surface area contributed by atoms with Crippen LogP contribution in [0.2, 0.25) is 5.02 Å². The minimum Gasteiger partial charge on any atom is -0.385 e. The summed E-state index contributed by atoms with van der Waals surface area (Å²) < 4.78 is 20.2. The summed E-state index contributed by atoms with van der Waals surface area (Å²) >= 11 is 6.07. The van der Waals surface area contributed by atoms with Crippen molar-refractivity contribution in [2.24, 2.45) is 17.6 Å².